The van der Waals surface area contributed by atoms with Crippen LogP contribution in [0, 0.1) is 0 Å². The number of hydrogen-bond acceptors (Lipinski definition) is 4. The topological polar surface area (TPSA) is 40.6 Å². The average Bonchev–Trinajstić information content (AvgIpc) is 3.51. The lowest BCUT2D eigenvalue weighted by Gasteiger charge is -2.18. The second-order valence-electron chi connectivity index (χ2n) is 8.66. The van der Waals surface area contributed by atoms with Crippen LogP contribution in [-0.4, -0.2) is 58.3 Å². The third-order valence-electron chi connectivity index (χ3n) is 6.26. The van der Waals surface area contributed by atoms with Gasteiger partial charge in [-0.25, -0.2) is 0 Å². The number of nitrogens with zero attached hydrogens (tertiary/aromatic N) is 2. The Hall–Kier alpha value is -1.92. The number of rotatable bonds is 9. The maximum atomic E-state index is 12.6. The molecule has 0 unspecified atom stereocenters. The maximum absolute atomic E-state index is 12.6. The summed E-state index contributed by atoms with van der Waals surface area (Å²) in [5.74, 6) is 0.552. The Morgan fingerprint density at radius 2 is 1.09 bits per heavy atom. The van der Waals surface area contributed by atoms with Crippen molar-refractivity contribution in [3.8, 4) is 0 Å². The van der Waals surface area contributed by atoms with Gasteiger partial charge in [-0.15, -0.1) is 0 Å². The van der Waals surface area contributed by atoms with Gasteiger partial charge < -0.3 is 9.80 Å². The van der Waals surface area contributed by atoms with Gasteiger partial charge >= 0.3 is 0 Å². The molecule has 0 aromatic heterocycles. The highest BCUT2D eigenvalue weighted by molar-refractivity contribution is 8.77. The fourth-order valence-corrected chi connectivity index (χ4v) is 7.42. The summed E-state index contributed by atoms with van der Waals surface area (Å²) in [5.41, 5.74) is 2.45. The molecule has 0 bridgehead atoms. The summed E-state index contributed by atoms with van der Waals surface area (Å²) >= 11 is 0. The van der Waals surface area contributed by atoms with E-state index >= 15 is 0 Å². The molecule has 0 aliphatic carbocycles. The van der Waals surface area contributed by atoms with Crippen molar-refractivity contribution in [2.75, 3.05) is 26.2 Å². The summed E-state index contributed by atoms with van der Waals surface area (Å²) < 4.78 is 0. The van der Waals surface area contributed by atoms with Gasteiger partial charge in [-0.3, -0.25) is 9.59 Å². The third kappa shape index (κ3) is 6.79. The van der Waals surface area contributed by atoms with Gasteiger partial charge in [0.15, 0.2) is 0 Å². The van der Waals surface area contributed by atoms with E-state index < -0.39 is 0 Å². The molecule has 4 rings (SSSR count). The molecule has 6 heteroatoms. The van der Waals surface area contributed by atoms with Crippen LogP contribution < -0.4 is 0 Å². The number of benzene rings is 2. The van der Waals surface area contributed by atoms with Crippen LogP contribution in [0.25, 0.3) is 0 Å². The van der Waals surface area contributed by atoms with Gasteiger partial charge in [-0.1, -0.05) is 82.3 Å². The fraction of sp³-hybridized carbons (Fsp3) is 0.462. The lowest BCUT2D eigenvalue weighted by atomic mass is 10.1. The molecule has 170 valence electrons. The molecular formula is C26H32N2O2S2. The van der Waals surface area contributed by atoms with Gasteiger partial charge in [0.25, 0.3) is 0 Å². The van der Waals surface area contributed by atoms with E-state index in [1.54, 1.807) is 0 Å². The molecule has 0 radical (unpaired) electrons. The molecule has 2 saturated heterocycles. The number of aryl methyl sites for hydroxylation is 2. The lowest BCUT2D eigenvalue weighted by molar-refractivity contribution is -0.130. The van der Waals surface area contributed by atoms with Crippen LogP contribution in [0.1, 0.15) is 36.8 Å². The quantitative estimate of drug-likeness (QED) is 0.494. The lowest BCUT2D eigenvalue weighted by Crippen LogP contribution is -2.29. The highest BCUT2D eigenvalue weighted by atomic mass is 33.1. The van der Waals surface area contributed by atoms with Crippen LogP contribution in [0.15, 0.2) is 60.7 Å². The van der Waals surface area contributed by atoms with E-state index in [1.807, 2.05) is 67.8 Å². The van der Waals surface area contributed by atoms with Crippen molar-refractivity contribution < 1.29 is 9.59 Å². The van der Waals surface area contributed by atoms with Crippen molar-refractivity contribution in [3.05, 3.63) is 71.8 Å². The van der Waals surface area contributed by atoms with Crippen molar-refractivity contribution >= 4 is 33.4 Å². The van der Waals surface area contributed by atoms with Gasteiger partial charge in [0.05, 0.1) is 0 Å². The van der Waals surface area contributed by atoms with Crippen LogP contribution in [-0.2, 0) is 22.4 Å². The summed E-state index contributed by atoms with van der Waals surface area (Å²) in [6.07, 6.45) is 4.97. The Balaban J connectivity index is 1.12. The Morgan fingerprint density at radius 1 is 0.688 bits per heavy atom. The van der Waals surface area contributed by atoms with E-state index in [2.05, 4.69) is 24.3 Å². The first-order chi connectivity index (χ1) is 15.7. The minimum absolute atomic E-state index is 0.276. The zero-order valence-corrected chi connectivity index (χ0v) is 20.2. The summed E-state index contributed by atoms with van der Waals surface area (Å²) in [5, 5.41) is 1.01. The van der Waals surface area contributed by atoms with Gasteiger partial charge in [0.2, 0.25) is 11.8 Å². The van der Waals surface area contributed by atoms with Crippen LogP contribution in [0.2, 0.25) is 0 Å². The summed E-state index contributed by atoms with van der Waals surface area (Å²) in [4.78, 5) is 29.2. The zero-order valence-electron chi connectivity index (χ0n) is 18.5. The normalized spacial score (nSPS) is 20.6. The second kappa shape index (κ2) is 11.8. The molecule has 2 aromatic rings. The molecule has 0 spiro atoms. The SMILES string of the molecule is O=C(CCc1ccccc1)N1CC[C@@H](SS[C@@H]2CCN(C(=O)CCc3ccccc3)C2)C1. The minimum atomic E-state index is 0.276. The maximum Gasteiger partial charge on any atom is 0.222 e. The third-order valence-corrected chi connectivity index (χ3v) is 9.66. The highest BCUT2D eigenvalue weighted by Gasteiger charge is 2.30. The Kier molecular flexibility index (Phi) is 8.57. The predicted octanol–water partition coefficient (Wildman–Crippen LogP) is 4.84. The monoisotopic (exact) mass is 468 g/mol. The fourth-order valence-electron chi connectivity index (χ4n) is 4.33. The zero-order chi connectivity index (χ0) is 22.2. The smallest absolute Gasteiger partial charge is 0.222 e. The first-order valence-electron chi connectivity index (χ1n) is 11.6. The minimum Gasteiger partial charge on any atom is -0.342 e. The number of likely N-dealkylation sites (tertiary alicyclic amines) is 2. The standard InChI is InChI=1S/C26H32N2O2S2/c29-25(13-11-21-7-3-1-4-8-21)27-17-15-23(19-27)31-32-24-16-18-28(20-24)26(30)14-12-22-9-5-2-6-10-22/h1-10,23-24H,11-20H2/t23-,24-/m1/s1. The predicted molar refractivity (Wildman–Crippen MR) is 135 cm³/mol. The highest BCUT2D eigenvalue weighted by Crippen LogP contribution is 2.39. The van der Waals surface area contributed by atoms with Gasteiger partial charge in [-0.05, 0) is 36.8 Å². The molecule has 2 amide bonds. The molecule has 2 aliphatic heterocycles. The Morgan fingerprint density at radius 3 is 1.50 bits per heavy atom. The molecule has 2 fully saturated rings. The van der Waals surface area contributed by atoms with Crippen molar-refractivity contribution in [1.29, 1.82) is 0 Å². The van der Waals surface area contributed by atoms with Crippen molar-refractivity contribution in [1.82, 2.24) is 9.80 Å². The van der Waals surface area contributed by atoms with E-state index in [0.717, 1.165) is 51.9 Å². The van der Waals surface area contributed by atoms with Crippen LogP contribution in [0.3, 0.4) is 0 Å². The molecular weight excluding hydrogens is 436 g/mol. The van der Waals surface area contributed by atoms with E-state index in [4.69, 9.17) is 0 Å². The second-order valence-corrected chi connectivity index (χ2v) is 11.5. The summed E-state index contributed by atoms with van der Waals surface area (Å²) in [7, 11) is 3.85. The first-order valence-corrected chi connectivity index (χ1v) is 13.9. The van der Waals surface area contributed by atoms with Gasteiger partial charge in [0, 0.05) is 49.5 Å². The van der Waals surface area contributed by atoms with Gasteiger partial charge in [-0.2, -0.15) is 0 Å². The summed E-state index contributed by atoms with van der Waals surface area (Å²) in [6, 6.07) is 20.5. The number of carbonyl (C=O) groups is 2. The van der Waals surface area contributed by atoms with Crippen LogP contribution >= 0.6 is 21.6 Å². The Bertz CT molecular complexity index is 804. The van der Waals surface area contributed by atoms with E-state index in [-0.39, 0.29) is 11.8 Å². The first kappa shape index (κ1) is 23.2. The van der Waals surface area contributed by atoms with E-state index in [1.165, 1.54) is 11.1 Å². The summed E-state index contributed by atoms with van der Waals surface area (Å²) in [6.45, 7) is 3.47. The number of amides is 2. The van der Waals surface area contributed by atoms with Crippen molar-refractivity contribution in [2.24, 2.45) is 0 Å². The molecule has 4 nitrogen and oxygen atoms in total. The molecule has 0 N–H and O–H groups in total. The van der Waals surface area contributed by atoms with E-state index in [9.17, 15) is 9.59 Å². The number of hydrogen-bond donors (Lipinski definition) is 0. The van der Waals surface area contributed by atoms with Gasteiger partial charge in [0.1, 0.15) is 0 Å². The average molecular weight is 469 g/mol. The molecule has 2 aliphatic rings. The van der Waals surface area contributed by atoms with Crippen molar-refractivity contribution in [2.45, 2.75) is 49.0 Å². The molecule has 2 heterocycles. The molecule has 2 aromatic carbocycles. The van der Waals surface area contributed by atoms with Crippen LogP contribution in [0.5, 0.6) is 0 Å². The molecule has 0 saturated carbocycles. The van der Waals surface area contributed by atoms with Crippen molar-refractivity contribution in [3.63, 3.8) is 0 Å². The molecule has 32 heavy (non-hydrogen) atoms. The Labute approximate surface area is 199 Å². The largest absolute Gasteiger partial charge is 0.342 e. The van der Waals surface area contributed by atoms with Crippen LogP contribution in [0.4, 0.5) is 0 Å². The number of carbonyl (C=O) groups excluding carboxylic acids is 2. The van der Waals surface area contributed by atoms with E-state index in [0.29, 0.717) is 23.3 Å². The molecule has 2 atom stereocenters.